The number of halogens is 5. The first-order valence-corrected chi connectivity index (χ1v) is 7.34. The highest BCUT2D eigenvalue weighted by molar-refractivity contribution is 5.89. The summed E-state index contributed by atoms with van der Waals surface area (Å²) in [7, 11) is 0. The summed E-state index contributed by atoms with van der Waals surface area (Å²) in [5.41, 5.74) is -0.175. The Morgan fingerprint density at radius 1 is 1.32 bits per heavy atom. The Balaban J connectivity index is 2.40. The number of benzene rings is 1. The van der Waals surface area contributed by atoms with E-state index in [4.69, 9.17) is 0 Å². The van der Waals surface area contributed by atoms with Gasteiger partial charge in [0.15, 0.2) is 11.6 Å². The van der Waals surface area contributed by atoms with Crippen LogP contribution in [0.25, 0.3) is 5.57 Å². The van der Waals surface area contributed by atoms with Crippen LogP contribution in [0, 0.1) is 11.6 Å². The average Bonchev–Trinajstić information content (AvgIpc) is 2.62. The van der Waals surface area contributed by atoms with Crippen molar-refractivity contribution in [2.75, 3.05) is 13.1 Å². The van der Waals surface area contributed by atoms with Crippen LogP contribution in [-0.4, -0.2) is 42.0 Å². The van der Waals surface area contributed by atoms with Crippen LogP contribution in [0.2, 0.25) is 0 Å². The zero-order chi connectivity index (χ0) is 18.8. The third-order valence-corrected chi connectivity index (χ3v) is 3.62. The number of carbonyl (C=O) groups is 2. The molecule has 0 spiro atoms. The molecule has 1 atom stereocenters. The molecule has 1 aliphatic rings. The molecule has 0 bridgehead atoms. The van der Waals surface area contributed by atoms with Gasteiger partial charge in [-0.05, 0) is 18.1 Å². The highest BCUT2D eigenvalue weighted by Crippen LogP contribution is 2.27. The van der Waals surface area contributed by atoms with Crippen molar-refractivity contribution >= 4 is 17.4 Å². The minimum Gasteiger partial charge on any atom is -0.344 e. The molecule has 0 radical (unpaired) electrons. The van der Waals surface area contributed by atoms with Gasteiger partial charge in [-0.25, -0.2) is 8.78 Å². The molecule has 4 nitrogen and oxygen atoms in total. The molecule has 2 rings (SSSR count). The monoisotopic (exact) mass is 362 g/mol. The summed E-state index contributed by atoms with van der Waals surface area (Å²) in [5.74, 6) is -3.87. The number of carbonyl (C=O) groups excluding carboxylic acids is 2. The molecular weight excluding hydrogens is 347 g/mol. The quantitative estimate of drug-likeness (QED) is 0.841. The minimum atomic E-state index is -4.67. The molecule has 1 unspecified atom stereocenters. The minimum absolute atomic E-state index is 0.0439. The van der Waals surface area contributed by atoms with Crippen LogP contribution in [0.3, 0.4) is 0 Å². The van der Waals surface area contributed by atoms with E-state index < -0.39 is 48.8 Å². The topological polar surface area (TPSA) is 49.4 Å². The molecule has 0 saturated carbocycles. The van der Waals surface area contributed by atoms with Gasteiger partial charge in [-0.2, -0.15) is 13.2 Å². The molecule has 0 fully saturated rings. The van der Waals surface area contributed by atoms with Crippen molar-refractivity contribution in [3.8, 4) is 0 Å². The maximum absolute atomic E-state index is 14.0. The van der Waals surface area contributed by atoms with Crippen LogP contribution in [0.4, 0.5) is 22.0 Å². The van der Waals surface area contributed by atoms with Crippen LogP contribution >= 0.6 is 0 Å². The van der Waals surface area contributed by atoms with Crippen molar-refractivity contribution in [1.82, 2.24) is 10.2 Å². The number of nitrogens with one attached hydrogen (secondary N) is 1. The van der Waals surface area contributed by atoms with Crippen LogP contribution < -0.4 is 5.32 Å². The summed E-state index contributed by atoms with van der Waals surface area (Å²) in [6.07, 6.45) is -3.46. The molecule has 1 aromatic rings. The Bertz CT molecular complexity index is 715. The highest BCUT2D eigenvalue weighted by atomic mass is 19.4. The normalized spacial score (nSPS) is 18.6. The van der Waals surface area contributed by atoms with Crippen molar-refractivity contribution in [1.29, 1.82) is 0 Å². The number of amides is 2. The predicted molar refractivity (Wildman–Crippen MR) is 79.2 cm³/mol. The van der Waals surface area contributed by atoms with Crippen molar-refractivity contribution < 1.29 is 31.5 Å². The fraction of sp³-hybridized carbons (Fsp3) is 0.375. The first-order valence-electron chi connectivity index (χ1n) is 7.34. The number of alkyl halides is 3. The standard InChI is InChI=1S/C16H15F5N2O2/c1-9(24)22-13-6-5-10(11-3-2-4-12(17)14(11)18)7-23(15(13)25)8-16(19,20)21/h2-5,13H,6-8H2,1H3,(H,22,24). The van der Waals surface area contributed by atoms with Crippen LogP contribution in [0.5, 0.6) is 0 Å². The van der Waals surface area contributed by atoms with Gasteiger partial charge >= 0.3 is 6.18 Å². The summed E-state index contributed by atoms with van der Waals surface area (Å²) in [5, 5.41) is 2.28. The Hall–Kier alpha value is -2.45. The smallest absolute Gasteiger partial charge is 0.344 e. The van der Waals surface area contributed by atoms with Gasteiger partial charge in [0, 0.05) is 19.0 Å². The number of nitrogens with zero attached hydrogens (tertiary/aromatic N) is 1. The Labute approximate surface area is 140 Å². The van der Waals surface area contributed by atoms with Gasteiger partial charge in [0.1, 0.15) is 12.6 Å². The van der Waals surface area contributed by atoms with Crippen molar-refractivity contribution in [2.45, 2.75) is 25.6 Å². The molecule has 2 amide bonds. The lowest BCUT2D eigenvalue weighted by Crippen LogP contribution is -2.49. The Morgan fingerprint density at radius 2 is 2.00 bits per heavy atom. The summed E-state index contributed by atoms with van der Waals surface area (Å²) in [4.78, 5) is 24.0. The molecule has 1 heterocycles. The molecule has 136 valence electrons. The largest absolute Gasteiger partial charge is 0.406 e. The zero-order valence-corrected chi connectivity index (χ0v) is 13.2. The van der Waals surface area contributed by atoms with Gasteiger partial charge in [0.25, 0.3) is 0 Å². The maximum atomic E-state index is 14.0. The number of hydrogen-bond acceptors (Lipinski definition) is 2. The highest BCUT2D eigenvalue weighted by Gasteiger charge is 2.37. The first kappa shape index (κ1) is 18.9. The van der Waals surface area contributed by atoms with E-state index in [-0.39, 0.29) is 17.6 Å². The van der Waals surface area contributed by atoms with E-state index in [2.05, 4.69) is 5.32 Å². The summed E-state index contributed by atoms with van der Waals surface area (Å²) in [6.45, 7) is -0.978. The van der Waals surface area contributed by atoms with E-state index in [0.717, 1.165) is 13.0 Å². The van der Waals surface area contributed by atoms with E-state index in [0.29, 0.717) is 4.90 Å². The average molecular weight is 362 g/mol. The first-order chi connectivity index (χ1) is 11.6. The van der Waals surface area contributed by atoms with Crippen LogP contribution in [-0.2, 0) is 9.59 Å². The second-order valence-electron chi connectivity index (χ2n) is 5.63. The Morgan fingerprint density at radius 3 is 2.60 bits per heavy atom. The van der Waals surface area contributed by atoms with E-state index in [9.17, 15) is 31.5 Å². The fourth-order valence-corrected chi connectivity index (χ4v) is 2.59. The fourth-order valence-electron chi connectivity index (χ4n) is 2.59. The lowest BCUT2D eigenvalue weighted by atomic mass is 10.0. The van der Waals surface area contributed by atoms with Gasteiger partial charge < -0.3 is 10.2 Å². The molecule has 1 aromatic carbocycles. The van der Waals surface area contributed by atoms with Gasteiger partial charge in [0.2, 0.25) is 11.8 Å². The van der Waals surface area contributed by atoms with Crippen molar-refractivity contribution in [2.24, 2.45) is 0 Å². The molecule has 0 aromatic heterocycles. The lowest BCUT2D eigenvalue weighted by Gasteiger charge is -2.26. The van der Waals surface area contributed by atoms with Crippen LogP contribution in [0.15, 0.2) is 24.3 Å². The molecule has 1 aliphatic heterocycles. The molecule has 25 heavy (non-hydrogen) atoms. The third-order valence-electron chi connectivity index (χ3n) is 3.62. The zero-order valence-electron chi connectivity index (χ0n) is 13.2. The Kier molecular flexibility index (Phi) is 5.44. The van der Waals surface area contributed by atoms with E-state index in [1.165, 1.54) is 18.2 Å². The van der Waals surface area contributed by atoms with Gasteiger partial charge in [-0.3, -0.25) is 9.59 Å². The summed E-state index contributed by atoms with van der Waals surface area (Å²) in [6, 6.07) is 2.13. The summed E-state index contributed by atoms with van der Waals surface area (Å²) < 4.78 is 65.7. The molecule has 1 N–H and O–H groups in total. The molecule has 0 aliphatic carbocycles. The molecular formula is C16H15F5N2O2. The van der Waals surface area contributed by atoms with Gasteiger partial charge in [-0.15, -0.1) is 0 Å². The van der Waals surface area contributed by atoms with Gasteiger partial charge in [0.05, 0.1) is 0 Å². The van der Waals surface area contributed by atoms with E-state index in [1.54, 1.807) is 0 Å². The third kappa shape index (κ3) is 4.77. The van der Waals surface area contributed by atoms with E-state index in [1.807, 2.05) is 0 Å². The SMILES string of the molecule is CC(=O)NC1CC=C(c2cccc(F)c2F)CN(CC(F)(F)F)C1=O. The van der Waals surface area contributed by atoms with Crippen LogP contribution in [0.1, 0.15) is 18.9 Å². The summed E-state index contributed by atoms with van der Waals surface area (Å²) >= 11 is 0. The van der Waals surface area contributed by atoms with Gasteiger partial charge in [-0.1, -0.05) is 18.2 Å². The number of hydrogen-bond donors (Lipinski definition) is 1. The van der Waals surface area contributed by atoms with Crippen molar-refractivity contribution in [3.05, 3.63) is 41.5 Å². The molecule has 0 saturated heterocycles. The second-order valence-corrected chi connectivity index (χ2v) is 5.63. The predicted octanol–water partition coefficient (Wildman–Crippen LogP) is 2.65. The lowest BCUT2D eigenvalue weighted by molar-refractivity contribution is -0.161. The van der Waals surface area contributed by atoms with Crippen molar-refractivity contribution in [3.63, 3.8) is 0 Å². The molecule has 9 heteroatoms. The maximum Gasteiger partial charge on any atom is 0.406 e. The van der Waals surface area contributed by atoms with E-state index >= 15 is 0 Å². The second kappa shape index (κ2) is 7.20. The number of rotatable bonds is 3.